The van der Waals surface area contributed by atoms with E-state index in [1.165, 1.54) is 0 Å². The number of aliphatic imine (C=N–C) groups is 1. The van der Waals surface area contributed by atoms with Crippen molar-refractivity contribution in [1.82, 2.24) is 4.90 Å². The molecule has 3 aliphatic heterocycles. The van der Waals surface area contributed by atoms with Crippen LogP contribution in [0.25, 0.3) is 0 Å². The number of hydrogen-bond donors (Lipinski definition) is 0. The Bertz CT molecular complexity index is 917. The third-order valence-corrected chi connectivity index (χ3v) is 5.81. The van der Waals surface area contributed by atoms with E-state index in [0.717, 1.165) is 53.4 Å². The number of likely N-dealkylation sites (tertiary alicyclic amines) is 1. The maximum Gasteiger partial charge on any atom is 0.171 e. The number of carbonyl (C=O) groups excluding carboxylic acids is 1. The average Bonchev–Trinajstić information content (AvgIpc) is 2.75. The molecule has 0 unspecified atom stereocenters. The van der Waals surface area contributed by atoms with Gasteiger partial charge < -0.3 is 9.80 Å². The third-order valence-electron chi connectivity index (χ3n) is 5.81. The molecule has 2 aromatic carbocycles. The first-order chi connectivity index (χ1) is 12.1. The van der Waals surface area contributed by atoms with E-state index in [9.17, 15) is 4.79 Å². The van der Waals surface area contributed by atoms with Crippen LogP contribution in [0.4, 0.5) is 17.1 Å². The summed E-state index contributed by atoms with van der Waals surface area (Å²) < 4.78 is 0. The molecular weight excluding hydrogens is 310 g/mol. The van der Waals surface area contributed by atoms with E-state index in [2.05, 4.69) is 41.1 Å². The molecule has 4 heteroatoms. The highest BCUT2D eigenvalue weighted by Gasteiger charge is 2.45. The summed E-state index contributed by atoms with van der Waals surface area (Å²) in [6, 6.07) is 14.6. The normalized spacial score (nSPS) is 24.8. The molecule has 5 rings (SSSR count). The van der Waals surface area contributed by atoms with Gasteiger partial charge in [-0.05, 0) is 45.1 Å². The number of benzene rings is 2. The van der Waals surface area contributed by atoms with E-state index in [4.69, 9.17) is 4.99 Å². The summed E-state index contributed by atoms with van der Waals surface area (Å²) >= 11 is 0. The first kappa shape index (κ1) is 14.8. The first-order valence-corrected chi connectivity index (χ1v) is 8.95. The SMILES string of the molecule is CC1=Nc2ccccc2N2c3c(cccc31)C(=O)[C@@H]1CN(C)CC[C@H]12. The van der Waals surface area contributed by atoms with Crippen LogP contribution >= 0.6 is 0 Å². The molecule has 0 aliphatic carbocycles. The van der Waals surface area contributed by atoms with Crippen molar-refractivity contribution in [2.75, 3.05) is 25.0 Å². The van der Waals surface area contributed by atoms with E-state index < -0.39 is 0 Å². The Labute approximate surface area is 147 Å². The molecule has 0 N–H and O–H groups in total. The number of carbonyl (C=O) groups is 1. The molecule has 0 amide bonds. The average molecular weight is 331 g/mol. The van der Waals surface area contributed by atoms with Gasteiger partial charge in [-0.25, -0.2) is 0 Å². The third kappa shape index (κ3) is 2.04. The summed E-state index contributed by atoms with van der Waals surface area (Å²) in [4.78, 5) is 22.8. The number of anilines is 2. The Hall–Kier alpha value is -2.46. The van der Waals surface area contributed by atoms with Gasteiger partial charge in [-0.15, -0.1) is 0 Å². The van der Waals surface area contributed by atoms with Crippen molar-refractivity contribution in [2.45, 2.75) is 19.4 Å². The van der Waals surface area contributed by atoms with E-state index >= 15 is 0 Å². The quantitative estimate of drug-likeness (QED) is 0.737. The number of hydrogen-bond acceptors (Lipinski definition) is 4. The van der Waals surface area contributed by atoms with Gasteiger partial charge in [0.1, 0.15) is 0 Å². The van der Waals surface area contributed by atoms with Crippen LogP contribution in [0.1, 0.15) is 29.3 Å². The molecule has 1 fully saturated rings. The highest BCUT2D eigenvalue weighted by Crippen LogP contribution is 2.48. The van der Waals surface area contributed by atoms with E-state index in [1.54, 1.807) is 0 Å². The molecule has 3 aliphatic rings. The van der Waals surface area contributed by atoms with E-state index in [0.29, 0.717) is 0 Å². The Balaban J connectivity index is 1.83. The highest BCUT2D eigenvalue weighted by molar-refractivity contribution is 6.16. The summed E-state index contributed by atoms with van der Waals surface area (Å²) in [5.41, 5.74) is 6.09. The molecular formula is C21H21N3O. The predicted molar refractivity (Wildman–Crippen MR) is 101 cm³/mol. The summed E-state index contributed by atoms with van der Waals surface area (Å²) in [6.07, 6.45) is 0.994. The Morgan fingerprint density at radius 2 is 1.88 bits per heavy atom. The fourth-order valence-electron chi connectivity index (χ4n) is 4.63. The van der Waals surface area contributed by atoms with Gasteiger partial charge in [0.15, 0.2) is 5.78 Å². The van der Waals surface area contributed by atoms with Crippen LogP contribution in [0.2, 0.25) is 0 Å². The van der Waals surface area contributed by atoms with Gasteiger partial charge in [0.2, 0.25) is 0 Å². The number of Topliss-reactive ketones (excluding diaryl/α,β-unsaturated/α-hetero) is 1. The minimum absolute atomic E-state index is 0.0213. The lowest BCUT2D eigenvalue weighted by Crippen LogP contribution is -2.54. The van der Waals surface area contributed by atoms with Crippen molar-refractivity contribution in [3.05, 3.63) is 53.6 Å². The molecule has 0 aromatic heterocycles. The summed E-state index contributed by atoms with van der Waals surface area (Å²) in [6.45, 7) is 3.89. The maximum absolute atomic E-state index is 13.3. The molecule has 2 aromatic rings. The lowest BCUT2D eigenvalue weighted by molar-refractivity contribution is 0.0798. The number of nitrogens with zero attached hydrogens (tertiary/aromatic N) is 3. The lowest BCUT2D eigenvalue weighted by Gasteiger charge is -2.47. The van der Waals surface area contributed by atoms with Gasteiger partial charge in [0.25, 0.3) is 0 Å². The van der Waals surface area contributed by atoms with E-state index in [1.807, 2.05) is 25.1 Å². The Kier molecular flexibility index (Phi) is 3.13. The van der Waals surface area contributed by atoms with Crippen LogP contribution in [-0.2, 0) is 0 Å². The number of para-hydroxylation sites is 3. The zero-order valence-corrected chi connectivity index (χ0v) is 14.6. The summed E-state index contributed by atoms with van der Waals surface area (Å²) in [7, 11) is 2.11. The smallest absolute Gasteiger partial charge is 0.171 e. The largest absolute Gasteiger partial charge is 0.335 e. The monoisotopic (exact) mass is 331 g/mol. The van der Waals surface area contributed by atoms with Gasteiger partial charge >= 0.3 is 0 Å². The second-order valence-corrected chi connectivity index (χ2v) is 7.35. The standard InChI is InChI=1S/C21H21N3O/c1-13-14-6-5-7-15-20(14)24(19-9-4-3-8-17(19)22-13)18-10-11-23(2)12-16(18)21(15)25/h3-9,16,18H,10-12H2,1-2H3/t16-,18-/m1/s1. The van der Waals surface area contributed by atoms with Crippen molar-refractivity contribution >= 4 is 28.6 Å². The van der Waals surface area contributed by atoms with Crippen LogP contribution in [0.3, 0.4) is 0 Å². The van der Waals surface area contributed by atoms with Crippen molar-refractivity contribution in [3.63, 3.8) is 0 Å². The maximum atomic E-state index is 13.3. The number of ketones is 1. The fraction of sp³-hybridized carbons (Fsp3) is 0.333. The molecule has 1 saturated heterocycles. The van der Waals surface area contributed by atoms with Gasteiger partial charge in [-0.3, -0.25) is 9.79 Å². The van der Waals surface area contributed by atoms with Crippen LogP contribution in [0.15, 0.2) is 47.5 Å². The van der Waals surface area contributed by atoms with Crippen molar-refractivity contribution in [1.29, 1.82) is 0 Å². The Morgan fingerprint density at radius 1 is 1.08 bits per heavy atom. The summed E-state index contributed by atoms with van der Waals surface area (Å²) in [5, 5.41) is 0. The number of piperidine rings is 1. The minimum Gasteiger partial charge on any atom is -0.335 e. The highest BCUT2D eigenvalue weighted by atomic mass is 16.1. The Morgan fingerprint density at radius 3 is 2.76 bits per heavy atom. The first-order valence-electron chi connectivity index (χ1n) is 8.95. The molecule has 3 heterocycles. The summed E-state index contributed by atoms with van der Waals surface area (Å²) in [5.74, 6) is 0.310. The van der Waals surface area contributed by atoms with Gasteiger partial charge in [-0.2, -0.15) is 0 Å². The fourth-order valence-corrected chi connectivity index (χ4v) is 4.63. The molecule has 2 atom stereocenters. The predicted octanol–water partition coefficient (Wildman–Crippen LogP) is 3.80. The zero-order chi connectivity index (χ0) is 17.1. The molecule has 0 radical (unpaired) electrons. The zero-order valence-electron chi connectivity index (χ0n) is 14.6. The van der Waals surface area contributed by atoms with Crippen molar-refractivity contribution < 1.29 is 4.79 Å². The molecule has 0 spiro atoms. The second-order valence-electron chi connectivity index (χ2n) is 7.35. The van der Waals surface area contributed by atoms with Crippen LogP contribution in [0.5, 0.6) is 0 Å². The molecule has 0 bridgehead atoms. The van der Waals surface area contributed by atoms with Crippen LogP contribution in [0, 0.1) is 5.92 Å². The molecule has 25 heavy (non-hydrogen) atoms. The minimum atomic E-state index is 0.0213. The number of rotatable bonds is 0. The van der Waals surface area contributed by atoms with Crippen LogP contribution < -0.4 is 4.90 Å². The number of fused-ring (bicyclic) bond motifs is 4. The topological polar surface area (TPSA) is 35.9 Å². The van der Waals surface area contributed by atoms with Gasteiger partial charge in [0.05, 0.1) is 23.0 Å². The van der Waals surface area contributed by atoms with Gasteiger partial charge in [0, 0.05) is 29.4 Å². The molecule has 0 saturated carbocycles. The molecule has 126 valence electrons. The van der Waals surface area contributed by atoms with Crippen LogP contribution in [-0.4, -0.2) is 42.6 Å². The van der Waals surface area contributed by atoms with Gasteiger partial charge in [-0.1, -0.05) is 24.3 Å². The lowest BCUT2D eigenvalue weighted by atomic mass is 9.79. The van der Waals surface area contributed by atoms with Crippen molar-refractivity contribution in [2.24, 2.45) is 10.9 Å². The second kappa shape index (κ2) is 5.27. The van der Waals surface area contributed by atoms with E-state index in [-0.39, 0.29) is 17.7 Å². The van der Waals surface area contributed by atoms with Crippen molar-refractivity contribution in [3.8, 4) is 0 Å². The molecule has 4 nitrogen and oxygen atoms in total.